The van der Waals surface area contributed by atoms with E-state index in [1.165, 1.54) is 6.20 Å². The number of carbonyl (C=O) groups excluding carboxylic acids is 1. The minimum atomic E-state index is -0.307. The summed E-state index contributed by atoms with van der Waals surface area (Å²) < 4.78 is 0. The fourth-order valence-electron chi connectivity index (χ4n) is 1.93. The van der Waals surface area contributed by atoms with Crippen LogP contribution in [0.2, 0.25) is 0 Å². The van der Waals surface area contributed by atoms with Gasteiger partial charge in [-0.05, 0) is 19.3 Å². The van der Waals surface area contributed by atoms with Crippen molar-refractivity contribution in [2.24, 2.45) is 0 Å². The molecular formula is C14H19N5O. The second-order valence-electron chi connectivity index (χ2n) is 4.90. The average molecular weight is 273 g/mol. The van der Waals surface area contributed by atoms with Crippen LogP contribution in [0.4, 0.5) is 5.82 Å². The molecule has 2 heterocycles. The number of hydrogen-bond acceptors (Lipinski definition) is 4. The lowest BCUT2D eigenvalue weighted by Crippen LogP contribution is -2.14. The van der Waals surface area contributed by atoms with E-state index in [4.69, 9.17) is 0 Å². The third-order valence-electron chi connectivity index (χ3n) is 3.11. The standard InChI is InChI=1S/C14H19N5O/c1-4-5-9(2)11-6-13(19-18-11)17-14(20)12-8-15-10(3)7-16-12/h6-9H,4-5H2,1-3H3,(H2,17,18,19,20)/t9-/m1/s1. The summed E-state index contributed by atoms with van der Waals surface area (Å²) in [5.74, 6) is 0.603. The lowest BCUT2D eigenvalue weighted by Gasteiger charge is -2.05. The number of nitrogens with zero attached hydrogens (tertiary/aromatic N) is 3. The number of amides is 1. The summed E-state index contributed by atoms with van der Waals surface area (Å²) in [6.07, 6.45) is 5.21. The van der Waals surface area contributed by atoms with Gasteiger partial charge in [0.15, 0.2) is 5.82 Å². The zero-order valence-electron chi connectivity index (χ0n) is 12.0. The molecule has 1 atom stereocenters. The van der Waals surface area contributed by atoms with Crippen LogP contribution < -0.4 is 5.32 Å². The molecule has 2 aromatic heterocycles. The molecule has 0 bridgehead atoms. The number of aryl methyl sites for hydroxylation is 1. The number of hydrogen-bond donors (Lipinski definition) is 2. The van der Waals surface area contributed by atoms with Gasteiger partial charge >= 0.3 is 0 Å². The van der Waals surface area contributed by atoms with Gasteiger partial charge in [-0.15, -0.1) is 0 Å². The van der Waals surface area contributed by atoms with Gasteiger partial charge in [0.2, 0.25) is 0 Å². The number of H-pyrrole nitrogens is 1. The van der Waals surface area contributed by atoms with E-state index in [0.717, 1.165) is 24.2 Å². The molecule has 6 heteroatoms. The van der Waals surface area contributed by atoms with Crippen molar-refractivity contribution in [1.82, 2.24) is 20.2 Å². The quantitative estimate of drug-likeness (QED) is 0.877. The first-order valence-electron chi connectivity index (χ1n) is 6.75. The highest BCUT2D eigenvalue weighted by Gasteiger charge is 2.12. The maximum Gasteiger partial charge on any atom is 0.277 e. The summed E-state index contributed by atoms with van der Waals surface area (Å²) >= 11 is 0. The summed E-state index contributed by atoms with van der Waals surface area (Å²) in [7, 11) is 0. The lowest BCUT2D eigenvalue weighted by molar-refractivity contribution is 0.102. The molecule has 1 amide bonds. The molecule has 20 heavy (non-hydrogen) atoms. The van der Waals surface area contributed by atoms with Crippen LogP contribution in [0.5, 0.6) is 0 Å². The van der Waals surface area contributed by atoms with E-state index < -0.39 is 0 Å². The Morgan fingerprint density at radius 2 is 2.20 bits per heavy atom. The third-order valence-corrected chi connectivity index (χ3v) is 3.11. The summed E-state index contributed by atoms with van der Waals surface area (Å²) in [5, 5.41) is 9.76. The van der Waals surface area contributed by atoms with Crippen molar-refractivity contribution in [3.05, 3.63) is 35.5 Å². The summed E-state index contributed by atoms with van der Waals surface area (Å²) in [4.78, 5) is 20.0. The highest BCUT2D eigenvalue weighted by Crippen LogP contribution is 2.20. The predicted molar refractivity (Wildman–Crippen MR) is 76.6 cm³/mol. The third kappa shape index (κ3) is 3.40. The molecule has 0 saturated carbocycles. The van der Waals surface area contributed by atoms with Crippen molar-refractivity contribution in [1.29, 1.82) is 0 Å². The molecular weight excluding hydrogens is 254 g/mol. The summed E-state index contributed by atoms with van der Waals surface area (Å²) in [6, 6.07) is 1.86. The van der Waals surface area contributed by atoms with E-state index in [9.17, 15) is 4.79 Å². The average Bonchev–Trinajstić information content (AvgIpc) is 2.88. The molecule has 0 spiro atoms. The smallest absolute Gasteiger partial charge is 0.277 e. The first-order valence-corrected chi connectivity index (χ1v) is 6.75. The fraction of sp³-hybridized carbons (Fsp3) is 0.429. The van der Waals surface area contributed by atoms with E-state index in [1.54, 1.807) is 6.20 Å². The van der Waals surface area contributed by atoms with Crippen molar-refractivity contribution in [3.8, 4) is 0 Å². The molecule has 0 radical (unpaired) electrons. The Kier molecular flexibility index (Phi) is 4.45. The van der Waals surface area contributed by atoms with E-state index in [1.807, 2.05) is 13.0 Å². The number of carbonyl (C=O) groups is 1. The second-order valence-corrected chi connectivity index (χ2v) is 4.90. The fourth-order valence-corrected chi connectivity index (χ4v) is 1.93. The van der Waals surface area contributed by atoms with E-state index in [2.05, 4.69) is 39.3 Å². The van der Waals surface area contributed by atoms with Gasteiger partial charge in [0.1, 0.15) is 5.69 Å². The summed E-state index contributed by atoms with van der Waals surface area (Å²) in [6.45, 7) is 6.10. The zero-order chi connectivity index (χ0) is 14.5. The van der Waals surface area contributed by atoms with E-state index in [0.29, 0.717) is 11.7 Å². The van der Waals surface area contributed by atoms with Crippen LogP contribution in [0, 0.1) is 6.92 Å². The molecule has 6 nitrogen and oxygen atoms in total. The minimum absolute atomic E-state index is 0.279. The molecule has 0 aromatic carbocycles. The van der Waals surface area contributed by atoms with Crippen LogP contribution >= 0.6 is 0 Å². The monoisotopic (exact) mass is 273 g/mol. The van der Waals surface area contributed by atoms with Crippen LogP contribution in [-0.2, 0) is 0 Å². The van der Waals surface area contributed by atoms with Gasteiger partial charge in [0.05, 0.1) is 11.9 Å². The van der Waals surface area contributed by atoms with Gasteiger partial charge < -0.3 is 5.32 Å². The SMILES string of the molecule is CCC[C@@H](C)c1cc(NC(=O)c2cnc(C)cn2)n[nH]1. The first-order chi connectivity index (χ1) is 9.60. The Morgan fingerprint density at radius 1 is 1.40 bits per heavy atom. The van der Waals surface area contributed by atoms with Gasteiger partial charge in [-0.2, -0.15) is 5.10 Å². The number of nitrogens with one attached hydrogen (secondary N) is 2. The molecule has 2 aromatic rings. The maximum absolute atomic E-state index is 12.0. The van der Waals surface area contributed by atoms with Crippen molar-refractivity contribution < 1.29 is 4.79 Å². The van der Waals surface area contributed by atoms with Crippen LogP contribution in [0.25, 0.3) is 0 Å². The van der Waals surface area contributed by atoms with Crippen LogP contribution in [-0.4, -0.2) is 26.1 Å². The Balaban J connectivity index is 2.03. The molecule has 106 valence electrons. The van der Waals surface area contributed by atoms with Gasteiger partial charge in [-0.1, -0.05) is 20.3 Å². The Labute approximate surface area is 118 Å². The molecule has 0 saturated heterocycles. The molecule has 0 fully saturated rings. The molecule has 2 N–H and O–H groups in total. The molecule has 0 aliphatic rings. The van der Waals surface area contributed by atoms with Crippen molar-refractivity contribution in [2.45, 2.75) is 39.5 Å². The largest absolute Gasteiger partial charge is 0.304 e. The predicted octanol–water partition coefficient (Wildman–Crippen LogP) is 2.66. The zero-order valence-corrected chi connectivity index (χ0v) is 12.0. The van der Waals surface area contributed by atoms with Gasteiger partial charge in [-0.3, -0.25) is 14.9 Å². The highest BCUT2D eigenvalue weighted by molar-refractivity contribution is 6.02. The second kappa shape index (κ2) is 6.27. The van der Waals surface area contributed by atoms with Crippen LogP contribution in [0.15, 0.2) is 18.5 Å². The topological polar surface area (TPSA) is 83.6 Å². The molecule has 0 unspecified atom stereocenters. The Hall–Kier alpha value is -2.24. The molecule has 0 aliphatic heterocycles. The normalized spacial score (nSPS) is 12.2. The van der Waals surface area contributed by atoms with Crippen molar-refractivity contribution in [3.63, 3.8) is 0 Å². The molecule has 0 aliphatic carbocycles. The van der Waals surface area contributed by atoms with Crippen molar-refractivity contribution >= 4 is 11.7 Å². The maximum atomic E-state index is 12.0. The Bertz CT molecular complexity index is 576. The molecule has 2 rings (SSSR count). The first kappa shape index (κ1) is 14.2. The van der Waals surface area contributed by atoms with Gasteiger partial charge in [-0.25, -0.2) is 4.98 Å². The number of anilines is 1. The van der Waals surface area contributed by atoms with Crippen LogP contribution in [0.3, 0.4) is 0 Å². The minimum Gasteiger partial charge on any atom is -0.304 e. The number of aromatic amines is 1. The van der Waals surface area contributed by atoms with E-state index >= 15 is 0 Å². The highest BCUT2D eigenvalue weighted by atomic mass is 16.2. The Morgan fingerprint density at radius 3 is 2.85 bits per heavy atom. The van der Waals surface area contributed by atoms with Gasteiger partial charge in [0, 0.05) is 18.0 Å². The number of aromatic nitrogens is 4. The van der Waals surface area contributed by atoms with Crippen molar-refractivity contribution in [2.75, 3.05) is 5.32 Å². The van der Waals surface area contributed by atoms with Gasteiger partial charge in [0.25, 0.3) is 5.91 Å². The van der Waals surface area contributed by atoms with Crippen LogP contribution in [0.1, 0.15) is 54.5 Å². The summed E-state index contributed by atoms with van der Waals surface area (Å²) in [5.41, 5.74) is 2.08. The lowest BCUT2D eigenvalue weighted by atomic mass is 10.0. The van der Waals surface area contributed by atoms with E-state index in [-0.39, 0.29) is 11.6 Å². The number of rotatable bonds is 5.